The second-order valence-corrected chi connectivity index (χ2v) is 6.83. The average Bonchev–Trinajstić information content (AvgIpc) is 2.74. The highest BCUT2D eigenvalue weighted by Gasteiger charge is 2.26. The number of anilines is 2. The molecule has 1 saturated heterocycles. The van der Waals surface area contributed by atoms with Crippen molar-refractivity contribution in [2.24, 2.45) is 0 Å². The number of benzene rings is 2. The van der Waals surface area contributed by atoms with Crippen LogP contribution in [-0.2, 0) is 4.79 Å². The Balaban J connectivity index is 1.82. The second kappa shape index (κ2) is 8.73. The molecule has 1 aliphatic heterocycles. The number of amides is 2. The summed E-state index contributed by atoms with van der Waals surface area (Å²) < 4.78 is 13.5. The maximum atomic E-state index is 13.5. The van der Waals surface area contributed by atoms with E-state index in [1.807, 2.05) is 0 Å². The van der Waals surface area contributed by atoms with Crippen molar-refractivity contribution in [2.45, 2.75) is 6.92 Å². The van der Waals surface area contributed by atoms with E-state index in [9.17, 15) is 34.2 Å². The van der Waals surface area contributed by atoms with E-state index in [-0.39, 0.29) is 22.8 Å². The lowest BCUT2D eigenvalue weighted by Gasteiger charge is -2.35. The van der Waals surface area contributed by atoms with Gasteiger partial charge in [-0.3, -0.25) is 29.8 Å². The van der Waals surface area contributed by atoms with Crippen LogP contribution in [0.2, 0.25) is 0 Å². The predicted octanol–water partition coefficient (Wildman–Crippen LogP) is 2.56. The van der Waals surface area contributed by atoms with E-state index in [0.717, 1.165) is 24.3 Å². The fraction of sp³-hybridized carbons (Fsp3) is 0.263. The number of hydrogen-bond donors (Lipinski definition) is 1. The van der Waals surface area contributed by atoms with Gasteiger partial charge in [-0.25, -0.2) is 0 Å². The van der Waals surface area contributed by atoms with Gasteiger partial charge < -0.3 is 15.1 Å². The number of rotatable bonds is 5. The Labute approximate surface area is 175 Å². The first-order chi connectivity index (χ1) is 14.7. The predicted molar refractivity (Wildman–Crippen MR) is 109 cm³/mol. The standard InChI is InChI=1S/C19H18FN5O6/c1-12(26)22-6-8-23(9-7-22)16-5-2-13(10-18(16)25(30)31)19(27)21-14-3-4-15(20)17(11-14)24(28)29/h2-5,10-11H,6-9H2,1H3,(H,21,27). The van der Waals surface area contributed by atoms with Gasteiger partial charge in [0.2, 0.25) is 11.7 Å². The van der Waals surface area contributed by atoms with Crippen LogP contribution in [-0.4, -0.2) is 52.7 Å². The van der Waals surface area contributed by atoms with Crippen molar-refractivity contribution in [2.75, 3.05) is 36.4 Å². The summed E-state index contributed by atoms with van der Waals surface area (Å²) in [7, 11) is 0. The van der Waals surface area contributed by atoms with Gasteiger partial charge in [-0.1, -0.05) is 0 Å². The Morgan fingerprint density at radius 3 is 2.19 bits per heavy atom. The normalized spacial score (nSPS) is 13.6. The fourth-order valence-corrected chi connectivity index (χ4v) is 3.27. The molecular weight excluding hydrogens is 413 g/mol. The molecule has 0 saturated carbocycles. The number of nitro benzene ring substituents is 2. The number of carbonyl (C=O) groups is 2. The third-order valence-corrected chi connectivity index (χ3v) is 4.90. The molecule has 2 aromatic rings. The first-order valence-electron chi connectivity index (χ1n) is 9.21. The van der Waals surface area contributed by atoms with Crippen LogP contribution in [0.4, 0.5) is 27.1 Å². The molecule has 0 aliphatic carbocycles. The van der Waals surface area contributed by atoms with Crippen molar-refractivity contribution in [1.29, 1.82) is 0 Å². The molecule has 31 heavy (non-hydrogen) atoms. The first-order valence-corrected chi connectivity index (χ1v) is 9.21. The molecule has 1 fully saturated rings. The van der Waals surface area contributed by atoms with Crippen molar-refractivity contribution in [1.82, 2.24) is 4.90 Å². The molecular formula is C19H18FN5O6. The number of nitro groups is 2. The van der Waals surface area contributed by atoms with E-state index in [4.69, 9.17) is 0 Å². The number of hydrogen-bond acceptors (Lipinski definition) is 7. The highest BCUT2D eigenvalue weighted by Crippen LogP contribution is 2.31. The van der Waals surface area contributed by atoms with Crippen molar-refractivity contribution in [3.8, 4) is 0 Å². The summed E-state index contributed by atoms with van der Waals surface area (Å²) >= 11 is 0. The zero-order chi connectivity index (χ0) is 22.7. The fourth-order valence-electron chi connectivity index (χ4n) is 3.27. The first kappa shape index (κ1) is 21.6. The van der Waals surface area contributed by atoms with Gasteiger partial charge in [0.05, 0.1) is 9.85 Å². The molecule has 0 bridgehead atoms. The number of carbonyl (C=O) groups excluding carboxylic acids is 2. The minimum Gasteiger partial charge on any atom is -0.362 e. The Morgan fingerprint density at radius 2 is 1.61 bits per heavy atom. The monoisotopic (exact) mass is 431 g/mol. The Morgan fingerprint density at radius 1 is 0.968 bits per heavy atom. The van der Waals surface area contributed by atoms with Gasteiger partial charge >= 0.3 is 5.69 Å². The average molecular weight is 431 g/mol. The lowest BCUT2D eigenvalue weighted by atomic mass is 10.1. The van der Waals surface area contributed by atoms with Crippen LogP contribution in [0.5, 0.6) is 0 Å². The van der Waals surface area contributed by atoms with E-state index >= 15 is 0 Å². The molecule has 2 aromatic carbocycles. The summed E-state index contributed by atoms with van der Waals surface area (Å²) in [6.07, 6.45) is 0. The Bertz CT molecular complexity index is 1070. The molecule has 0 spiro atoms. The molecule has 1 heterocycles. The van der Waals surface area contributed by atoms with Crippen LogP contribution in [0.3, 0.4) is 0 Å². The largest absolute Gasteiger partial charge is 0.362 e. The zero-order valence-electron chi connectivity index (χ0n) is 16.4. The summed E-state index contributed by atoms with van der Waals surface area (Å²) in [5, 5.41) is 24.8. The number of piperazine rings is 1. The van der Waals surface area contributed by atoms with Gasteiger partial charge in [0.15, 0.2) is 0 Å². The van der Waals surface area contributed by atoms with E-state index in [0.29, 0.717) is 31.9 Å². The molecule has 12 heteroatoms. The van der Waals surface area contributed by atoms with Crippen molar-refractivity contribution >= 4 is 34.6 Å². The molecule has 1 aliphatic rings. The molecule has 11 nitrogen and oxygen atoms in total. The minimum absolute atomic E-state index is 0.0230. The van der Waals surface area contributed by atoms with Crippen LogP contribution in [0, 0.1) is 26.0 Å². The molecule has 3 rings (SSSR count). The highest BCUT2D eigenvalue weighted by molar-refractivity contribution is 6.05. The summed E-state index contributed by atoms with van der Waals surface area (Å²) in [4.78, 5) is 48.3. The van der Waals surface area contributed by atoms with Gasteiger partial charge in [0.25, 0.3) is 11.6 Å². The molecule has 1 N–H and O–H groups in total. The van der Waals surface area contributed by atoms with Crippen LogP contribution >= 0.6 is 0 Å². The van der Waals surface area contributed by atoms with Crippen LogP contribution in [0.1, 0.15) is 17.3 Å². The summed E-state index contributed by atoms with van der Waals surface area (Å²) in [6.45, 7) is 3.13. The van der Waals surface area contributed by atoms with Gasteiger partial charge in [-0.05, 0) is 24.3 Å². The van der Waals surface area contributed by atoms with Crippen molar-refractivity contribution in [3.05, 3.63) is 68.0 Å². The summed E-state index contributed by atoms with van der Waals surface area (Å²) in [5.74, 6) is -1.85. The quantitative estimate of drug-likeness (QED) is 0.567. The smallest absolute Gasteiger partial charge is 0.306 e. The third kappa shape index (κ3) is 4.74. The van der Waals surface area contributed by atoms with Gasteiger partial charge in [0, 0.05) is 56.5 Å². The molecule has 2 amide bonds. The Kier molecular flexibility index (Phi) is 6.09. The molecule has 162 valence electrons. The number of halogens is 1. The maximum absolute atomic E-state index is 13.5. The van der Waals surface area contributed by atoms with Gasteiger partial charge in [-0.2, -0.15) is 4.39 Å². The lowest BCUT2D eigenvalue weighted by molar-refractivity contribution is -0.387. The van der Waals surface area contributed by atoms with Crippen LogP contribution in [0.15, 0.2) is 36.4 Å². The summed E-state index contributed by atoms with van der Waals surface area (Å²) in [6, 6.07) is 6.82. The minimum atomic E-state index is -1.05. The highest BCUT2D eigenvalue weighted by atomic mass is 19.1. The van der Waals surface area contributed by atoms with E-state index < -0.39 is 27.3 Å². The molecule has 0 unspecified atom stereocenters. The summed E-state index contributed by atoms with van der Waals surface area (Å²) in [5.41, 5.74) is -0.824. The zero-order valence-corrected chi connectivity index (χ0v) is 16.4. The maximum Gasteiger partial charge on any atom is 0.306 e. The molecule has 0 radical (unpaired) electrons. The van der Waals surface area contributed by atoms with Crippen LogP contribution in [0.25, 0.3) is 0 Å². The van der Waals surface area contributed by atoms with Gasteiger partial charge in [0.1, 0.15) is 5.69 Å². The SMILES string of the molecule is CC(=O)N1CCN(c2ccc(C(=O)Nc3ccc(F)c([N+](=O)[O-])c3)cc2[N+](=O)[O-])CC1. The molecule has 0 atom stereocenters. The number of nitrogens with one attached hydrogen (secondary N) is 1. The Hall–Kier alpha value is -4.09. The van der Waals surface area contributed by atoms with Crippen molar-refractivity contribution < 1.29 is 23.8 Å². The second-order valence-electron chi connectivity index (χ2n) is 6.83. The van der Waals surface area contributed by atoms with Crippen LogP contribution < -0.4 is 10.2 Å². The van der Waals surface area contributed by atoms with E-state index in [1.165, 1.54) is 19.1 Å². The molecule has 0 aromatic heterocycles. The number of nitrogens with zero attached hydrogens (tertiary/aromatic N) is 4. The topological polar surface area (TPSA) is 139 Å². The lowest BCUT2D eigenvalue weighted by Crippen LogP contribution is -2.48. The van der Waals surface area contributed by atoms with E-state index in [2.05, 4.69) is 5.32 Å². The van der Waals surface area contributed by atoms with Crippen molar-refractivity contribution in [3.63, 3.8) is 0 Å². The van der Waals surface area contributed by atoms with Gasteiger partial charge in [-0.15, -0.1) is 0 Å². The van der Waals surface area contributed by atoms with E-state index in [1.54, 1.807) is 9.80 Å². The third-order valence-electron chi connectivity index (χ3n) is 4.90.